The van der Waals surface area contributed by atoms with Crippen molar-refractivity contribution in [1.29, 1.82) is 0 Å². The van der Waals surface area contributed by atoms with E-state index in [1.807, 2.05) is 20.8 Å². The molecule has 0 bridgehead atoms. The number of alkyl halides is 3. The SMILES string of the molecule is CC(C)C(C)N(C)c1cc(C(F)(F)F)cc(Cl)n1. The molecule has 1 unspecified atom stereocenters. The number of hydrogen-bond donors (Lipinski definition) is 0. The fourth-order valence-corrected chi connectivity index (χ4v) is 1.69. The van der Waals surface area contributed by atoms with E-state index in [2.05, 4.69) is 4.98 Å². The lowest BCUT2D eigenvalue weighted by Crippen LogP contribution is -2.34. The van der Waals surface area contributed by atoms with Crippen LogP contribution in [-0.2, 0) is 6.18 Å². The third-order valence-corrected chi connectivity index (χ3v) is 3.24. The molecule has 0 aliphatic heterocycles. The molecule has 0 N–H and O–H groups in total. The van der Waals surface area contributed by atoms with Gasteiger partial charge in [-0.15, -0.1) is 0 Å². The molecule has 1 atom stereocenters. The van der Waals surface area contributed by atoms with E-state index >= 15 is 0 Å². The highest BCUT2D eigenvalue weighted by Gasteiger charge is 2.32. The zero-order chi connectivity index (χ0) is 14.1. The number of pyridine rings is 1. The minimum absolute atomic E-state index is 0.0667. The Balaban J connectivity index is 3.14. The second kappa shape index (κ2) is 5.34. The fourth-order valence-electron chi connectivity index (χ4n) is 1.48. The zero-order valence-electron chi connectivity index (χ0n) is 10.7. The van der Waals surface area contributed by atoms with Gasteiger partial charge in [0, 0.05) is 13.1 Å². The van der Waals surface area contributed by atoms with Crippen LogP contribution in [-0.4, -0.2) is 18.1 Å². The van der Waals surface area contributed by atoms with Crippen molar-refractivity contribution in [1.82, 2.24) is 4.98 Å². The molecule has 0 saturated heterocycles. The molecule has 0 spiro atoms. The maximum Gasteiger partial charge on any atom is 0.416 e. The summed E-state index contributed by atoms with van der Waals surface area (Å²) in [5, 5.41) is -0.150. The van der Waals surface area contributed by atoms with Crippen molar-refractivity contribution in [3.63, 3.8) is 0 Å². The van der Waals surface area contributed by atoms with E-state index < -0.39 is 11.7 Å². The molecule has 2 nitrogen and oxygen atoms in total. The monoisotopic (exact) mass is 280 g/mol. The van der Waals surface area contributed by atoms with E-state index in [0.29, 0.717) is 5.92 Å². The summed E-state index contributed by atoms with van der Waals surface area (Å²) in [7, 11) is 1.71. The van der Waals surface area contributed by atoms with Gasteiger partial charge in [0.2, 0.25) is 0 Å². The summed E-state index contributed by atoms with van der Waals surface area (Å²) in [6.45, 7) is 5.92. The van der Waals surface area contributed by atoms with Crippen LogP contribution >= 0.6 is 11.6 Å². The average Bonchev–Trinajstić information content (AvgIpc) is 2.24. The van der Waals surface area contributed by atoms with Gasteiger partial charge in [0.1, 0.15) is 11.0 Å². The van der Waals surface area contributed by atoms with Gasteiger partial charge in [-0.3, -0.25) is 0 Å². The Morgan fingerprint density at radius 1 is 1.22 bits per heavy atom. The second-order valence-corrected chi connectivity index (χ2v) is 5.02. The van der Waals surface area contributed by atoms with Crippen LogP contribution < -0.4 is 4.90 Å². The number of halogens is 4. The molecule has 1 heterocycles. The van der Waals surface area contributed by atoms with Crippen LogP contribution in [0, 0.1) is 5.92 Å². The molecule has 0 radical (unpaired) electrons. The smallest absolute Gasteiger partial charge is 0.357 e. The molecule has 1 aromatic heterocycles. The number of aromatic nitrogens is 1. The number of anilines is 1. The zero-order valence-corrected chi connectivity index (χ0v) is 11.5. The Hall–Kier alpha value is -0.970. The van der Waals surface area contributed by atoms with Crippen molar-refractivity contribution in [3.8, 4) is 0 Å². The highest BCUT2D eigenvalue weighted by Crippen LogP contribution is 2.33. The first-order valence-corrected chi connectivity index (χ1v) is 5.98. The van der Waals surface area contributed by atoms with E-state index in [1.54, 1.807) is 11.9 Å². The maximum absolute atomic E-state index is 12.7. The highest BCUT2D eigenvalue weighted by molar-refractivity contribution is 6.29. The van der Waals surface area contributed by atoms with E-state index in [0.717, 1.165) is 12.1 Å². The van der Waals surface area contributed by atoms with Gasteiger partial charge in [-0.25, -0.2) is 4.98 Å². The van der Waals surface area contributed by atoms with Gasteiger partial charge >= 0.3 is 6.18 Å². The first-order valence-electron chi connectivity index (χ1n) is 5.60. The largest absolute Gasteiger partial charge is 0.416 e. The molecule has 0 aromatic carbocycles. The van der Waals surface area contributed by atoms with Crippen LogP contribution in [0.2, 0.25) is 5.15 Å². The summed E-state index contributed by atoms with van der Waals surface area (Å²) in [6, 6.07) is 1.92. The lowest BCUT2D eigenvalue weighted by atomic mass is 10.1. The van der Waals surface area contributed by atoms with Crippen molar-refractivity contribution in [3.05, 3.63) is 22.8 Å². The molecule has 18 heavy (non-hydrogen) atoms. The molecule has 102 valence electrons. The summed E-state index contributed by atoms with van der Waals surface area (Å²) < 4.78 is 38.0. The Bertz CT molecular complexity index is 418. The Labute approximate surface area is 110 Å². The minimum atomic E-state index is -4.41. The van der Waals surface area contributed by atoms with Gasteiger partial charge in [-0.1, -0.05) is 25.4 Å². The predicted molar refractivity (Wildman–Crippen MR) is 67.0 cm³/mol. The molecule has 1 aromatic rings. The fraction of sp³-hybridized carbons (Fsp3) is 0.583. The molecule has 0 amide bonds. The summed E-state index contributed by atoms with van der Waals surface area (Å²) in [6.07, 6.45) is -4.41. The minimum Gasteiger partial charge on any atom is -0.357 e. The number of nitrogens with zero attached hydrogens (tertiary/aromatic N) is 2. The van der Waals surface area contributed by atoms with Crippen LogP contribution in [0.4, 0.5) is 19.0 Å². The maximum atomic E-state index is 12.7. The van der Waals surface area contributed by atoms with Gasteiger partial charge < -0.3 is 4.90 Å². The van der Waals surface area contributed by atoms with E-state index in [9.17, 15) is 13.2 Å². The Morgan fingerprint density at radius 2 is 1.78 bits per heavy atom. The molecule has 1 rings (SSSR count). The van der Waals surface area contributed by atoms with Crippen LogP contribution in [0.25, 0.3) is 0 Å². The molecular formula is C12H16ClF3N2. The van der Waals surface area contributed by atoms with Crippen molar-refractivity contribution in [2.24, 2.45) is 5.92 Å². The topological polar surface area (TPSA) is 16.1 Å². The van der Waals surface area contributed by atoms with Crippen molar-refractivity contribution >= 4 is 17.4 Å². The summed E-state index contributed by atoms with van der Waals surface area (Å²) in [4.78, 5) is 5.64. The van der Waals surface area contributed by atoms with E-state index in [4.69, 9.17) is 11.6 Å². The van der Waals surface area contributed by atoms with Crippen LogP contribution in [0.5, 0.6) is 0 Å². The summed E-state index contributed by atoms with van der Waals surface area (Å²) in [5.74, 6) is 0.529. The first-order chi connectivity index (χ1) is 8.12. The molecule has 0 aliphatic rings. The Morgan fingerprint density at radius 3 is 2.22 bits per heavy atom. The Kier molecular flexibility index (Phi) is 4.48. The van der Waals surface area contributed by atoms with Crippen molar-refractivity contribution < 1.29 is 13.2 Å². The number of rotatable bonds is 3. The van der Waals surface area contributed by atoms with E-state index in [-0.39, 0.29) is 17.0 Å². The van der Waals surface area contributed by atoms with Crippen molar-refractivity contribution in [2.45, 2.75) is 33.0 Å². The van der Waals surface area contributed by atoms with Crippen LogP contribution in [0.1, 0.15) is 26.3 Å². The van der Waals surface area contributed by atoms with Gasteiger partial charge in [0.05, 0.1) is 5.56 Å². The summed E-state index contributed by atoms with van der Waals surface area (Å²) >= 11 is 5.65. The second-order valence-electron chi connectivity index (χ2n) is 4.63. The first kappa shape index (κ1) is 15.1. The third kappa shape index (κ3) is 3.51. The van der Waals surface area contributed by atoms with Crippen molar-refractivity contribution in [2.75, 3.05) is 11.9 Å². The van der Waals surface area contributed by atoms with Crippen LogP contribution in [0.3, 0.4) is 0 Å². The van der Waals surface area contributed by atoms with Gasteiger partial charge in [0.15, 0.2) is 0 Å². The van der Waals surface area contributed by atoms with Gasteiger partial charge in [0.25, 0.3) is 0 Å². The lowest BCUT2D eigenvalue weighted by Gasteiger charge is -2.29. The van der Waals surface area contributed by atoms with Gasteiger partial charge in [-0.2, -0.15) is 13.2 Å². The highest BCUT2D eigenvalue weighted by atomic mass is 35.5. The van der Waals surface area contributed by atoms with E-state index in [1.165, 1.54) is 0 Å². The third-order valence-electron chi connectivity index (χ3n) is 3.04. The average molecular weight is 281 g/mol. The predicted octanol–water partition coefficient (Wildman–Crippen LogP) is 4.23. The van der Waals surface area contributed by atoms with Gasteiger partial charge in [-0.05, 0) is 25.0 Å². The molecule has 0 aliphatic carbocycles. The molecule has 6 heteroatoms. The normalized spacial score (nSPS) is 13.8. The molecular weight excluding hydrogens is 265 g/mol. The summed E-state index contributed by atoms with van der Waals surface area (Å²) in [5.41, 5.74) is -0.777. The molecule has 0 saturated carbocycles. The standard InChI is InChI=1S/C12H16ClF3N2/c1-7(2)8(3)18(4)11-6-9(12(14,15)16)5-10(13)17-11/h5-8H,1-4H3. The van der Waals surface area contributed by atoms with Crippen LogP contribution in [0.15, 0.2) is 12.1 Å². The lowest BCUT2D eigenvalue weighted by molar-refractivity contribution is -0.137. The number of hydrogen-bond acceptors (Lipinski definition) is 2. The quantitative estimate of drug-likeness (QED) is 0.770. The molecule has 0 fully saturated rings.